The first-order chi connectivity index (χ1) is 9.08. The molecule has 1 amide bonds. The van der Waals surface area contributed by atoms with Crippen LogP contribution < -0.4 is 0 Å². The first-order valence-corrected chi connectivity index (χ1v) is 5.84. The number of aliphatic hydroxyl groups excluding tert-OH is 1. The highest BCUT2D eigenvalue weighted by atomic mass is 16.6. The van der Waals surface area contributed by atoms with Crippen LogP contribution in [0, 0.1) is 10.1 Å². The number of amides is 1. The highest BCUT2D eigenvalue weighted by Crippen LogP contribution is 2.12. The van der Waals surface area contributed by atoms with E-state index in [4.69, 9.17) is 9.84 Å². The molecule has 0 bridgehead atoms. The van der Waals surface area contributed by atoms with Crippen molar-refractivity contribution in [2.75, 3.05) is 19.7 Å². The monoisotopic (exact) mass is 268 g/mol. The van der Waals surface area contributed by atoms with Gasteiger partial charge in [-0.1, -0.05) is 0 Å². The molecule has 1 N–H and O–H groups in total. The number of ether oxygens (including phenoxy) is 1. The molecule has 1 aromatic rings. The van der Waals surface area contributed by atoms with Crippen molar-refractivity contribution in [3.63, 3.8) is 0 Å². The van der Waals surface area contributed by atoms with Gasteiger partial charge in [-0.05, 0) is 24.6 Å². The zero-order valence-electron chi connectivity index (χ0n) is 10.6. The molecule has 104 valence electrons. The Labute approximate surface area is 110 Å². The fraction of sp³-hybridized carbons (Fsp3) is 0.417. The normalized spacial score (nSPS) is 10.0. The molecule has 0 aliphatic carbocycles. The zero-order valence-corrected chi connectivity index (χ0v) is 10.6. The van der Waals surface area contributed by atoms with Crippen LogP contribution in [-0.2, 0) is 11.3 Å². The summed E-state index contributed by atoms with van der Waals surface area (Å²) in [4.78, 5) is 22.9. The highest BCUT2D eigenvalue weighted by molar-refractivity contribution is 5.67. The Morgan fingerprint density at radius 1 is 1.42 bits per heavy atom. The predicted octanol–water partition coefficient (Wildman–Crippen LogP) is 1.55. The van der Waals surface area contributed by atoms with Crippen LogP contribution in [0.15, 0.2) is 24.3 Å². The molecule has 0 unspecified atom stereocenters. The number of benzene rings is 1. The largest absolute Gasteiger partial charge is 0.445 e. The number of hydrogen-bond acceptors (Lipinski definition) is 5. The van der Waals surface area contributed by atoms with E-state index in [1.807, 2.05) is 0 Å². The number of nitrogens with zero attached hydrogens (tertiary/aromatic N) is 2. The second-order valence-electron chi connectivity index (χ2n) is 3.78. The van der Waals surface area contributed by atoms with E-state index in [0.717, 1.165) is 0 Å². The standard InChI is InChI=1S/C12H16N2O5/c1-2-13(7-8-15)12(16)19-9-10-3-5-11(6-4-10)14(17)18/h3-6,15H,2,7-9H2,1H3. The molecule has 0 atom stereocenters. The molecular formula is C12H16N2O5. The third-order valence-electron chi connectivity index (χ3n) is 2.52. The minimum absolute atomic E-state index is 0.00876. The van der Waals surface area contributed by atoms with E-state index in [-0.39, 0.29) is 25.4 Å². The molecule has 0 radical (unpaired) electrons. The Bertz CT molecular complexity index is 432. The summed E-state index contributed by atoms with van der Waals surface area (Å²) in [6, 6.07) is 5.78. The molecule has 7 heteroatoms. The Hall–Kier alpha value is -2.15. The maximum Gasteiger partial charge on any atom is 0.410 e. The summed E-state index contributed by atoms with van der Waals surface area (Å²) >= 11 is 0. The van der Waals surface area contributed by atoms with Gasteiger partial charge in [0, 0.05) is 25.2 Å². The van der Waals surface area contributed by atoms with Gasteiger partial charge in [0.2, 0.25) is 0 Å². The second-order valence-corrected chi connectivity index (χ2v) is 3.78. The maximum atomic E-state index is 11.6. The van der Waals surface area contributed by atoms with E-state index < -0.39 is 11.0 Å². The fourth-order valence-electron chi connectivity index (χ4n) is 1.45. The average Bonchev–Trinajstić information content (AvgIpc) is 2.42. The number of nitro benzene ring substituents is 1. The third-order valence-corrected chi connectivity index (χ3v) is 2.52. The smallest absolute Gasteiger partial charge is 0.410 e. The Balaban J connectivity index is 2.52. The van der Waals surface area contributed by atoms with Crippen LogP contribution in [0.25, 0.3) is 0 Å². The summed E-state index contributed by atoms with van der Waals surface area (Å²) in [6.07, 6.45) is -0.519. The molecule has 0 aromatic heterocycles. The molecule has 7 nitrogen and oxygen atoms in total. The van der Waals surface area contributed by atoms with Gasteiger partial charge < -0.3 is 14.7 Å². The summed E-state index contributed by atoms with van der Waals surface area (Å²) in [5, 5.41) is 19.2. The van der Waals surface area contributed by atoms with Crippen molar-refractivity contribution in [3.8, 4) is 0 Å². The summed E-state index contributed by atoms with van der Waals surface area (Å²) in [6.45, 7) is 2.36. The molecule has 0 saturated carbocycles. The fourth-order valence-corrected chi connectivity index (χ4v) is 1.45. The molecule has 0 fully saturated rings. The van der Waals surface area contributed by atoms with Crippen molar-refractivity contribution < 1.29 is 19.6 Å². The number of carbonyl (C=O) groups excluding carboxylic acids is 1. The number of likely N-dealkylation sites (N-methyl/N-ethyl adjacent to an activating group) is 1. The van der Waals surface area contributed by atoms with Gasteiger partial charge in [-0.15, -0.1) is 0 Å². The van der Waals surface area contributed by atoms with Gasteiger partial charge in [-0.3, -0.25) is 10.1 Å². The molecule has 0 aliphatic rings. The van der Waals surface area contributed by atoms with Crippen LogP contribution in [0.5, 0.6) is 0 Å². The molecule has 19 heavy (non-hydrogen) atoms. The Morgan fingerprint density at radius 2 is 2.05 bits per heavy atom. The van der Waals surface area contributed by atoms with Crippen LogP contribution in [0.2, 0.25) is 0 Å². The lowest BCUT2D eigenvalue weighted by atomic mass is 10.2. The first kappa shape index (κ1) is 14.9. The van der Waals surface area contributed by atoms with Crippen LogP contribution >= 0.6 is 0 Å². The van der Waals surface area contributed by atoms with Crippen molar-refractivity contribution in [1.29, 1.82) is 0 Å². The number of rotatable bonds is 6. The van der Waals surface area contributed by atoms with Crippen molar-refractivity contribution in [2.45, 2.75) is 13.5 Å². The predicted molar refractivity (Wildman–Crippen MR) is 67.6 cm³/mol. The van der Waals surface area contributed by atoms with Crippen LogP contribution in [-0.4, -0.2) is 40.7 Å². The zero-order chi connectivity index (χ0) is 14.3. The molecule has 0 aliphatic heterocycles. The van der Waals surface area contributed by atoms with Gasteiger partial charge in [0.1, 0.15) is 6.61 Å². The van der Waals surface area contributed by atoms with Crippen molar-refractivity contribution in [3.05, 3.63) is 39.9 Å². The Morgan fingerprint density at radius 3 is 2.53 bits per heavy atom. The van der Waals surface area contributed by atoms with Crippen LogP contribution in [0.1, 0.15) is 12.5 Å². The SMILES string of the molecule is CCN(CCO)C(=O)OCc1ccc([N+](=O)[O-])cc1. The third kappa shape index (κ3) is 4.55. The molecule has 0 saturated heterocycles. The highest BCUT2D eigenvalue weighted by Gasteiger charge is 2.12. The van der Waals surface area contributed by atoms with Crippen molar-refractivity contribution in [1.82, 2.24) is 4.90 Å². The minimum Gasteiger partial charge on any atom is -0.445 e. The van der Waals surface area contributed by atoms with Gasteiger partial charge in [0.15, 0.2) is 0 Å². The summed E-state index contributed by atoms with van der Waals surface area (Å²) in [5.74, 6) is 0. The quantitative estimate of drug-likeness (QED) is 0.624. The Kier molecular flexibility index (Phi) is 5.74. The lowest BCUT2D eigenvalue weighted by Gasteiger charge is -2.18. The summed E-state index contributed by atoms with van der Waals surface area (Å²) in [7, 11) is 0. The maximum absolute atomic E-state index is 11.6. The number of hydrogen-bond donors (Lipinski definition) is 1. The number of carbonyl (C=O) groups is 1. The average molecular weight is 268 g/mol. The molecular weight excluding hydrogens is 252 g/mol. The van der Waals surface area contributed by atoms with Gasteiger partial charge in [-0.25, -0.2) is 4.79 Å². The molecule has 1 rings (SSSR count). The van der Waals surface area contributed by atoms with Crippen molar-refractivity contribution >= 4 is 11.8 Å². The van der Waals surface area contributed by atoms with E-state index >= 15 is 0 Å². The van der Waals surface area contributed by atoms with Gasteiger partial charge in [0.05, 0.1) is 11.5 Å². The van der Waals surface area contributed by atoms with E-state index in [1.54, 1.807) is 6.92 Å². The topological polar surface area (TPSA) is 92.9 Å². The number of non-ortho nitro benzene ring substituents is 1. The van der Waals surface area contributed by atoms with Gasteiger partial charge in [-0.2, -0.15) is 0 Å². The van der Waals surface area contributed by atoms with Crippen LogP contribution in [0.3, 0.4) is 0 Å². The van der Waals surface area contributed by atoms with Crippen LogP contribution in [0.4, 0.5) is 10.5 Å². The van der Waals surface area contributed by atoms with E-state index in [0.29, 0.717) is 12.1 Å². The lowest BCUT2D eigenvalue weighted by Crippen LogP contribution is -2.33. The molecule has 0 heterocycles. The van der Waals surface area contributed by atoms with E-state index in [9.17, 15) is 14.9 Å². The minimum atomic E-state index is -0.519. The van der Waals surface area contributed by atoms with E-state index in [1.165, 1.54) is 29.2 Å². The molecule has 1 aromatic carbocycles. The van der Waals surface area contributed by atoms with Gasteiger partial charge >= 0.3 is 6.09 Å². The summed E-state index contributed by atoms with van der Waals surface area (Å²) < 4.78 is 5.04. The lowest BCUT2D eigenvalue weighted by molar-refractivity contribution is -0.384. The summed E-state index contributed by atoms with van der Waals surface area (Å²) in [5.41, 5.74) is 0.657. The van der Waals surface area contributed by atoms with Crippen molar-refractivity contribution in [2.24, 2.45) is 0 Å². The second kappa shape index (κ2) is 7.32. The van der Waals surface area contributed by atoms with E-state index in [2.05, 4.69) is 0 Å². The van der Waals surface area contributed by atoms with Gasteiger partial charge in [0.25, 0.3) is 5.69 Å². The number of nitro groups is 1. The number of aliphatic hydroxyl groups is 1. The molecule has 0 spiro atoms. The first-order valence-electron chi connectivity index (χ1n) is 5.84.